The number of nitrogens with one attached hydrogen (secondary N) is 1. The number of aromatic nitrogens is 4. The van der Waals surface area contributed by atoms with Crippen LogP contribution in [0.5, 0.6) is 0 Å². The Balaban J connectivity index is 1.71. The van der Waals surface area contributed by atoms with Gasteiger partial charge in [0.15, 0.2) is 11.5 Å². The molecule has 1 N–H and O–H groups in total. The smallest absolute Gasteiger partial charge is 0.229 e. The molecule has 10 heteroatoms. The number of thiophene rings is 1. The van der Waals surface area contributed by atoms with E-state index in [1.807, 2.05) is 42.6 Å². The van der Waals surface area contributed by atoms with E-state index in [0.29, 0.717) is 5.82 Å². The van der Waals surface area contributed by atoms with E-state index < -0.39 is 9.84 Å². The van der Waals surface area contributed by atoms with E-state index >= 15 is 0 Å². The van der Waals surface area contributed by atoms with Gasteiger partial charge >= 0.3 is 0 Å². The van der Waals surface area contributed by atoms with Crippen LogP contribution in [0, 0.1) is 6.92 Å². The molecule has 5 aromatic rings. The van der Waals surface area contributed by atoms with Crippen LogP contribution < -0.4 is 5.32 Å². The van der Waals surface area contributed by atoms with Crippen molar-refractivity contribution in [2.24, 2.45) is 0 Å². The summed E-state index contributed by atoms with van der Waals surface area (Å²) in [7, 11) is -3.89. The summed E-state index contributed by atoms with van der Waals surface area (Å²) in [5.74, 6) is 0.563. The van der Waals surface area contributed by atoms with Gasteiger partial charge in [-0.2, -0.15) is 4.52 Å². The molecule has 3 heterocycles. The molecule has 0 bridgehead atoms. The standard InChI is InChI=1S/C20H14BrN5O2S2/c1-12-3-2-4-14(11-12)22-18-17-16(9-10-29-17)26-19(23-18)20(24-25-26)30(27,28)15-7-5-13(21)6-8-15/h2-11H,1H3,(H,22,23). The second-order valence-corrected chi connectivity index (χ2v) is 10.4. The molecule has 0 radical (unpaired) electrons. The zero-order valence-corrected chi connectivity index (χ0v) is 18.8. The van der Waals surface area contributed by atoms with E-state index in [2.05, 4.69) is 36.5 Å². The minimum Gasteiger partial charge on any atom is -0.339 e. The number of hydrogen-bond acceptors (Lipinski definition) is 7. The lowest BCUT2D eigenvalue weighted by atomic mass is 10.2. The number of hydrogen-bond donors (Lipinski definition) is 1. The van der Waals surface area contributed by atoms with Crippen molar-refractivity contribution in [3.8, 4) is 0 Å². The van der Waals surface area contributed by atoms with Gasteiger partial charge < -0.3 is 5.32 Å². The van der Waals surface area contributed by atoms with E-state index in [9.17, 15) is 8.42 Å². The van der Waals surface area contributed by atoms with Gasteiger partial charge in [0.05, 0.1) is 15.1 Å². The van der Waals surface area contributed by atoms with Gasteiger partial charge in [0.2, 0.25) is 14.9 Å². The fourth-order valence-corrected chi connectivity index (χ4v) is 5.48. The number of aryl methyl sites for hydroxylation is 1. The monoisotopic (exact) mass is 499 g/mol. The first-order valence-corrected chi connectivity index (χ1v) is 12.1. The lowest BCUT2D eigenvalue weighted by molar-refractivity contribution is 0.592. The minimum atomic E-state index is -3.89. The molecule has 2 aromatic carbocycles. The minimum absolute atomic E-state index is 0.133. The third-order valence-corrected chi connectivity index (χ3v) is 7.69. The molecule has 0 aliphatic rings. The second kappa shape index (κ2) is 7.15. The highest BCUT2D eigenvalue weighted by Crippen LogP contribution is 2.32. The quantitative estimate of drug-likeness (QED) is 0.374. The predicted molar refractivity (Wildman–Crippen MR) is 120 cm³/mol. The lowest BCUT2D eigenvalue weighted by Crippen LogP contribution is -2.05. The van der Waals surface area contributed by atoms with Crippen LogP contribution in [0.1, 0.15) is 5.56 Å². The molecule has 0 atom stereocenters. The largest absolute Gasteiger partial charge is 0.339 e. The van der Waals surface area contributed by atoms with Gasteiger partial charge in [-0.05, 0) is 60.3 Å². The summed E-state index contributed by atoms with van der Waals surface area (Å²) in [4.78, 5) is 4.75. The number of rotatable bonds is 4. The fourth-order valence-electron chi connectivity index (χ4n) is 3.17. The Morgan fingerprint density at radius 1 is 1.10 bits per heavy atom. The number of benzene rings is 2. The summed E-state index contributed by atoms with van der Waals surface area (Å²) >= 11 is 4.82. The summed E-state index contributed by atoms with van der Waals surface area (Å²) in [5, 5.41) is 13.1. The van der Waals surface area contributed by atoms with Crippen LogP contribution in [0.4, 0.5) is 11.5 Å². The maximum Gasteiger partial charge on any atom is 0.229 e. The van der Waals surface area contributed by atoms with Crippen molar-refractivity contribution in [1.82, 2.24) is 19.8 Å². The van der Waals surface area contributed by atoms with Gasteiger partial charge in [-0.25, -0.2) is 13.4 Å². The predicted octanol–water partition coefficient (Wildman–Crippen LogP) is 4.99. The third-order valence-electron chi connectivity index (χ3n) is 4.58. The van der Waals surface area contributed by atoms with Gasteiger partial charge in [-0.3, -0.25) is 0 Å². The van der Waals surface area contributed by atoms with Crippen LogP contribution in [-0.4, -0.2) is 28.2 Å². The highest BCUT2D eigenvalue weighted by atomic mass is 79.9. The zero-order chi connectivity index (χ0) is 20.9. The molecular formula is C20H14BrN5O2S2. The van der Waals surface area contributed by atoms with Crippen molar-refractivity contribution in [2.45, 2.75) is 16.8 Å². The van der Waals surface area contributed by atoms with Gasteiger partial charge in [0.25, 0.3) is 0 Å². The molecule has 30 heavy (non-hydrogen) atoms. The van der Waals surface area contributed by atoms with Crippen LogP contribution in [0.2, 0.25) is 0 Å². The lowest BCUT2D eigenvalue weighted by Gasteiger charge is -2.09. The topological polar surface area (TPSA) is 89.2 Å². The Kier molecular flexibility index (Phi) is 4.57. The Labute approximate surface area is 184 Å². The average Bonchev–Trinajstić information content (AvgIpc) is 3.35. The average molecular weight is 500 g/mol. The number of halogens is 1. The maximum atomic E-state index is 13.2. The molecule has 0 aliphatic carbocycles. The summed E-state index contributed by atoms with van der Waals surface area (Å²) in [6.07, 6.45) is 0. The van der Waals surface area contributed by atoms with Crippen molar-refractivity contribution in [1.29, 1.82) is 0 Å². The third kappa shape index (κ3) is 3.17. The summed E-state index contributed by atoms with van der Waals surface area (Å²) in [5.41, 5.74) is 2.89. The van der Waals surface area contributed by atoms with Crippen molar-refractivity contribution in [3.05, 3.63) is 70.0 Å². The van der Waals surface area contributed by atoms with Crippen LogP contribution in [-0.2, 0) is 9.84 Å². The molecule has 5 rings (SSSR count). The molecule has 0 aliphatic heterocycles. The SMILES string of the molecule is Cc1cccc(Nc2nc3c(S(=O)(=O)c4ccc(Br)cc4)nnn3c3ccsc23)c1. The molecule has 0 amide bonds. The van der Waals surface area contributed by atoms with Crippen molar-refractivity contribution in [2.75, 3.05) is 5.32 Å². The molecule has 150 valence electrons. The van der Waals surface area contributed by atoms with Crippen molar-refractivity contribution >= 4 is 64.5 Å². The molecule has 3 aromatic heterocycles. The number of fused-ring (bicyclic) bond motifs is 3. The molecule has 0 unspecified atom stereocenters. The van der Waals surface area contributed by atoms with Crippen LogP contribution >= 0.6 is 27.3 Å². The van der Waals surface area contributed by atoms with Crippen LogP contribution in [0.3, 0.4) is 0 Å². The Hall–Kier alpha value is -2.82. The van der Waals surface area contributed by atoms with E-state index in [1.165, 1.54) is 28.0 Å². The Morgan fingerprint density at radius 2 is 1.90 bits per heavy atom. The molecule has 0 fully saturated rings. The molecule has 0 saturated heterocycles. The molecule has 0 spiro atoms. The van der Waals surface area contributed by atoms with E-state index in [4.69, 9.17) is 0 Å². The number of sulfone groups is 1. The highest BCUT2D eigenvalue weighted by Gasteiger charge is 2.27. The van der Waals surface area contributed by atoms with Crippen LogP contribution in [0.25, 0.3) is 15.9 Å². The van der Waals surface area contributed by atoms with E-state index in [0.717, 1.165) is 25.9 Å². The summed E-state index contributed by atoms with van der Waals surface area (Å²) in [6, 6.07) is 16.2. The number of nitrogens with zero attached hydrogens (tertiary/aromatic N) is 4. The van der Waals surface area contributed by atoms with Gasteiger partial charge in [-0.1, -0.05) is 33.3 Å². The van der Waals surface area contributed by atoms with Crippen molar-refractivity contribution in [3.63, 3.8) is 0 Å². The van der Waals surface area contributed by atoms with Gasteiger partial charge in [-0.15, -0.1) is 16.4 Å². The molecule has 7 nitrogen and oxygen atoms in total. The first-order chi connectivity index (χ1) is 14.4. The van der Waals surface area contributed by atoms with Gasteiger partial charge in [0.1, 0.15) is 0 Å². The first kappa shape index (κ1) is 19.2. The summed E-state index contributed by atoms with van der Waals surface area (Å²) < 4.78 is 29.6. The Bertz CT molecular complexity index is 1510. The molecular weight excluding hydrogens is 486 g/mol. The van der Waals surface area contributed by atoms with E-state index in [-0.39, 0.29) is 15.6 Å². The second-order valence-electron chi connectivity index (χ2n) is 6.68. The number of anilines is 2. The normalized spacial score (nSPS) is 11.9. The fraction of sp³-hybridized carbons (Fsp3) is 0.0500. The van der Waals surface area contributed by atoms with Crippen molar-refractivity contribution < 1.29 is 8.42 Å². The maximum absolute atomic E-state index is 13.2. The summed E-state index contributed by atoms with van der Waals surface area (Å²) in [6.45, 7) is 2.01. The zero-order valence-electron chi connectivity index (χ0n) is 15.6. The van der Waals surface area contributed by atoms with Gasteiger partial charge in [0, 0.05) is 10.2 Å². The molecule has 0 saturated carbocycles. The van der Waals surface area contributed by atoms with E-state index in [1.54, 1.807) is 12.1 Å². The Morgan fingerprint density at radius 3 is 2.67 bits per heavy atom. The van der Waals surface area contributed by atoms with Crippen LogP contribution in [0.15, 0.2) is 74.4 Å². The highest BCUT2D eigenvalue weighted by molar-refractivity contribution is 9.10. The first-order valence-electron chi connectivity index (χ1n) is 8.90.